The molecule has 0 fully saturated rings. The van der Waals surface area contributed by atoms with Crippen LogP contribution in [0.25, 0.3) is 10.9 Å². The van der Waals surface area contributed by atoms with E-state index in [-0.39, 0.29) is 0 Å². The van der Waals surface area contributed by atoms with Crippen molar-refractivity contribution in [3.63, 3.8) is 0 Å². The number of alkyl halides is 1. The molecule has 1 heterocycles. The summed E-state index contributed by atoms with van der Waals surface area (Å²) in [6.45, 7) is 4.80. The van der Waals surface area contributed by atoms with Crippen LogP contribution in [0.15, 0.2) is 48.7 Å². The van der Waals surface area contributed by atoms with E-state index < -0.39 is 9.08 Å². The molecular formula is C22H25ClIN3O2. The van der Waals surface area contributed by atoms with E-state index in [1.165, 1.54) is 0 Å². The van der Waals surface area contributed by atoms with Crippen molar-refractivity contribution in [2.45, 2.75) is 29.5 Å². The summed E-state index contributed by atoms with van der Waals surface area (Å²) in [4.78, 5) is 4.44. The van der Waals surface area contributed by atoms with Gasteiger partial charge in [-0.15, -0.1) is 0 Å². The van der Waals surface area contributed by atoms with E-state index in [0.717, 1.165) is 33.5 Å². The van der Waals surface area contributed by atoms with Crippen LogP contribution in [0.3, 0.4) is 0 Å². The summed E-state index contributed by atoms with van der Waals surface area (Å²) >= 11 is 8.45. The quantitative estimate of drug-likeness (QED) is 0.258. The van der Waals surface area contributed by atoms with E-state index >= 15 is 0 Å². The smallest absolute Gasteiger partial charge is 0.122 e. The first kappa shape index (κ1) is 22.1. The number of hydrogen-bond acceptors (Lipinski definition) is 5. The van der Waals surface area contributed by atoms with Crippen molar-refractivity contribution in [1.29, 1.82) is 0 Å². The Bertz CT molecular complexity index is 1000. The SMILES string of the molecule is COc1cc(CNC(C)(C)C(N)(I)c2ccnc3cc(Cl)ccc23)cc(OC)c1. The maximum atomic E-state index is 6.91. The van der Waals surface area contributed by atoms with Crippen LogP contribution in [-0.4, -0.2) is 24.7 Å². The summed E-state index contributed by atoms with van der Waals surface area (Å²) in [5.41, 5.74) is 9.34. The molecule has 0 saturated heterocycles. The van der Waals surface area contributed by atoms with Crippen LogP contribution in [0.2, 0.25) is 5.02 Å². The fraction of sp³-hybridized carbons (Fsp3) is 0.318. The second-order valence-electron chi connectivity index (χ2n) is 7.43. The molecule has 154 valence electrons. The van der Waals surface area contributed by atoms with Crippen LogP contribution in [0.5, 0.6) is 11.5 Å². The van der Waals surface area contributed by atoms with Gasteiger partial charge in [0.15, 0.2) is 0 Å². The predicted octanol–water partition coefficient (Wildman–Crippen LogP) is 5.02. The zero-order valence-electron chi connectivity index (χ0n) is 16.9. The third kappa shape index (κ3) is 4.60. The van der Waals surface area contributed by atoms with Gasteiger partial charge in [-0.3, -0.25) is 4.98 Å². The molecule has 3 aromatic rings. The fourth-order valence-electron chi connectivity index (χ4n) is 3.20. The lowest BCUT2D eigenvalue weighted by Crippen LogP contribution is -2.58. The standard InChI is InChI=1S/C22H25ClIN3O2/c1-21(2,27-13-14-9-16(28-3)12-17(10-14)29-4)22(24,25)19-7-8-26-20-11-15(23)5-6-18(19)20/h5-12,27H,13,25H2,1-4H3. The van der Waals surface area contributed by atoms with Crippen molar-refractivity contribution in [2.24, 2.45) is 5.73 Å². The van der Waals surface area contributed by atoms with Crippen LogP contribution in [0, 0.1) is 0 Å². The third-order valence-electron chi connectivity index (χ3n) is 5.15. The molecule has 7 heteroatoms. The first-order valence-corrected chi connectivity index (χ1v) is 10.6. The molecule has 3 N–H and O–H groups in total. The molecule has 0 aliphatic carbocycles. The number of nitrogens with two attached hydrogens (primary N) is 1. The molecule has 5 nitrogen and oxygen atoms in total. The molecule has 1 unspecified atom stereocenters. The molecule has 0 aliphatic heterocycles. The largest absolute Gasteiger partial charge is 0.497 e. The predicted molar refractivity (Wildman–Crippen MR) is 127 cm³/mol. The Labute approximate surface area is 190 Å². The van der Waals surface area contributed by atoms with Crippen LogP contribution in [-0.2, 0) is 10.1 Å². The Balaban J connectivity index is 1.91. The minimum absolute atomic E-state index is 0.447. The summed E-state index contributed by atoms with van der Waals surface area (Å²) in [5, 5.41) is 5.25. The number of aromatic nitrogens is 1. The van der Waals surface area contributed by atoms with Gasteiger partial charge in [-0.25, -0.2) is 0 Å². The minimum atomic E-state index is -0.706. The molecule has 1 aromatic heterocycles. The Kier molecular flexibility index (Phi) is 6.57. The molecule has 1 atom stereocenters. The maximum absolute atomic E-state index is 6.91. The minimum Gasteiger partial charge on any atom is -0.497 e. The van der Waals surface area contributed by atoms with Gasteiger partial charge in [0, 0.05) is 34.8 Å². The van der Waals surface area contributed by atoms with E-state index in [4.69, 9.17) is 26.8 Å². The maximum Gasteiger partial charge on any atom is 0.122 e. The van der Waals surface area contributed by atoms with Crippen molar-refractivity contribution in [3.05, 3.63) is 64.8 Å². The highest BCUT2D eigenvalue weighted by atomic mass is 127. The van der Waals surface area contributed by atoms with Gasteiger partial charge in [-0.05, 0) is 55.3 Å². The van der Waals surface area contributed by atoms with Gasteiger partial charge in [0.05, 0.1) is 19.7 Å². The number of pyridine rings is 1. The number of halogens is 2. The van der Waals surface area contributed by atoms with Gasteiger partial charge in [0.2, 0.25) is 0 Å². The van der Waals surface area contributed by atoms with Gasteiger partial charge < -0.3 is 20.5 Å². The van der Waals surface area contributed by atoms with Crippen LogP contribution in [0.1, 0.15) is 25.0 Å². The van der Waals surface area contributed by atoms with Crippen molar-refractivity contribution in [1.82, 2.24) is 10.3 Å². The summed E-state index contributed by atoms with van der Waals surface area (Å²) in [5.74, 6) is 1.51. The van der Waals surface area contributed by atoms with E-state index in [1.54, 1.807) is 20.4 Å². The Morgan fingerprint density at radius 1 is 1.07 bits per heavy atom. The molecule has 0 aliphatic rings. The van der Waals surface area contributed by atoms with Gasteiger partial charge in [-0.2, -0.15) is 0 Å². The summed E-state index contributed by atoms with van der Waals surface area (Å²) in [6, 6.07) is 13.5. The van der Waals surface area contributed by atoms with Gasteiger partial charge in [-0.1, -0.05) is 40.3 Å². The van der Waals surface area contributed by atoms with Crippen molar-refractivity contribution >= 4 is 45.1 Å². The zero-order chi connectivity index (χ0) is 21.2. The van der Waals surface area contributed by atoms with Gasteiger partial charge in [0.25, 0.3) is 0 Å². The average molecular weight is 526 g/mol. The highest BCUT2D eigenvalue weighted by molar-refractivity contribution is 14.1. The molecule has 0 bridgehead atoms. The number of fused-ring (bicyclic) bond motifs is 1. The average Bonchev–Trinajstić information content (AvgIpc) is 2.71. The second kappa shape index (κ2) is 8.63. The number of rotatable bonds is 7. The Morgan fingerprint density at radius 2 is 1.72 bits per heavy atom. The van der Waals surface area contributed by atoms with Crippen molar-refractivity contribution in [2.75, 3.05) is 14.2 Å². The first-order chi connectivity index (χ1) is 13.7. The molecule has 0 saturated carbocycles. The Hall–Kier alpha value is -1.61. The van der Waals surface area contributed by atoms with E-state index in [2.05, 4.69) is 46.7 Å². The molecule has 0 amide bonds. The van der Waals surface area contributed by atoms with Gasteiger partial charge in [0.1, 0.15) is 15.0 Å². The fourth-order valence-corrected chi connectivity index (χ4v) is 4.02. The highest BCUT2D eigenvalue weighted by Gasteiger charge is 2.41. The summed E-state index contributed by atoms with van der Waals surface area (Å²) in [6.07, 6.45) is 1.78. The zero-order valence-corrected chi connectivity index (χ0v) is 19.8. The lowest BCUT2D eigenvalue weighted by molar-refractivity contribution is 0.307. The lowest BCUT2D eigenvalue weighted by atomic mass is 9.87. The monoisotopic (exact) mass is 525 g/mol. The van der Waals surface area contributed by atoms with Crippen LogP contribution >= 0.6 is 34.2 Å². The van der Waals surface area contributed by atoms with E-state index in [1.807, 2.05) is 42.5 Å². The molecule has 3 rings (SSSR count). The normalized spacial score (nSPS) is 13.9. The molecule has 29 heavy (non-hydrogen) atoms. The summed E-state index contributed by atoms with van der Waals surface area (Å²) in [7, 11) is 3.29. The van der Waals surface area contributed by atoms with E-state index in [9.17, 15) is 0 Å². The number of benzene rings is 2. The third-order valence-corrected chi connectivity index (χ3v) is 7.32. The molecular weight excluding hydrogens is 501 g/mol. The molecule has 0 spiro atoms. The lowest BCUT2D eigenvalue weighted by Gasteiger charge is -2.41. The molecule has 2 aromatic carbocycles. The summed E-state index contributed by atoms with van der Waals surface area (Å²) < 4.78 is 10.0. The van der Waals surface area contributed by atoms with Crippen LogP contribution < -0.4 is 20.5 Å². The number of nitrogens with one attached hydrogen (secondary N) is 1. The topological polar surface area (TPSA) is 69.4 Å². The highest BCUT2D eigenvalue weighted by Crippen LogP contribution is 2.40. The van der Waals surface area contributed by atoms with Crippen molar-refractivity contribution < 1.29 is 9.47 Å². The van der Waals surface area contributed by atoms with E-state index in [0.29, 0.717) is 11.6 Å². The number of ether oxygens (including phenoxy) is 2. The number of nitrogens with zero attached hydrogens (tertiary/aromatic N) is 1. The second-order valence-corrected chi connectivity index (χ2v) is 9.57. The number of hydrogen-bond donors (Lipinski definition) is 2. The van der Waals surface area contributed by atoms with Crippen LogP contribution in [0.4, 0.5) is 0 Å². The first-order valence-electron chi connectivity index (χ1n) is 9.17. The van der Waals surface area contributed by atoms with Gasteiger partial charge >= 0.3 is 0 Å². The Morgan fingerprint density at radius 3 is 2.34 bits per heavy atom. The number of methoxy groups -OCH3 is 2. The van der Waals surface area contributed by atoms with Crippen molar-refractivity contribution in [3.8, 4) is 11.5 Å². The molecule has 0 radical (unpaired) electrons.